The molecule has 3 amide bonds. The van der Waals surface area contributed by atoms with Crippen molar-refractivity contribution >= 4 is 71.2 Å². The fourth-order valence-electron chi connectivity index (χ4n) is 1.64. The summed E-state index contributed by atoms with van der Waals surface area (Å²) in [6.45, 7) is 3.25. The number of benzene rings is 1. The number of hydrogen-bond donors (Lipinski definition) is 4. The summed E-state index contributed by atoms with van der Waals surface area (Å²) < 4.78 is -1.30. The van der Waals surface area contributed by atoms with Crippen LogP contribution < -0.4 is 14.9 Å². The molecule has 138 valence electrons. The Morgan fingerprint density at radius 1 is 1.16 bits per heavy atom. The summed E-state index contributed by atoms with van der Waals surface area (Å²) in [4.78, 5) is 35.4. The minimum Gasteiger partial charge on any atom is -0.478 e. The first-order valence-electron chi connectivity index (χ1n) is 6.94. The van der Waals surface area contributed by atoms with Gasteiger partial charge < -0.3 is 15.7 Å². The number of carboxylic acids is 1. The van der Waals surface area contributed by atoms with E-state index in [2.05, 4.69) is 23.4 Å². The Bertz CT molecular complexity index is 667. The number of urea groups is 1. The minimum atomic E-state index is -2.04. The number of nitrogens with zero attached hydrogens (tertiary/aromatic N) is 1. The number of halogens is 3. The Balaban J connectivity index is 3.01. The molecule has 0 saturated heterocycles. The van der Waals surface area contributed by atoms with Crippen molar-refractivity contribution in [3.8, 4) is 0 Å². The molecular weight excluding hydrogens is 413 g/mol. The average Bonchev–Trinajstić information content (AvgIpc) is 2.52. The van der Waals surface area contributed by atoms with E-state index in [9.17, 15) is 19.5 Å². The molecule has 0 aliphatic carbocycles. The Labute approximate surface area is 165 Å². The molecule has 7 nitrogen and oxygen atoms in total. The zero-order valence-corrected chi connectivity index (χ0v) is 16.3. The molecule has 0 aliphatic rings. The summed E-state index contributed by atoms with van der Waals surface area (Å²) in [6.07, 6.45) is -1.36. The number of anilines is 1. The van der Waals surface area contributed by atoms with E-state index in [1.807, 2.05) is 0 Å². The normalized spacial score (nSPS) is 12.4. The first kappa shape index (κ1) is 21.7. The van der Waals surface area contributed by atoms with Crippen LogP contribution in [0, 0.1) is 5.92 Å². The number of hydrogen-bond acceptors (Lipinski definition) is 4. The Morgan fingerprint density at radius 2 is 1.72 bits per heavy atom. The number of aromatic carboxylic acids is 1. The second-order valence-electron chi connectivity index (χ2n) is 5.22. The van der Waals surface area contributed by atoms with Crippen LogP contribution in [0.3, 0.4) is 0 Å². The molecule has 0 heterocycles. The Kier molecular flexibility index (Phi) is 7.67. The van der Waals surface area contributed by atoms with Gasteiger partial charge in [-0.3, -0.25) is 4.79 Å². The van der Waals surface area contributed by atoms with Crippen molar-refractivity contribution in [2.24, 2.45) is 5.92 Å². The summed E-state index contributed by atoms with van der Waals surface area (Å²) in [5.41, 5.74) is -0.140. The predicted molar refractivity (Wildman–Crippen MR) is 100 cm³/mol. The van der Waals surface area contributed by atoms with Gasteiger partial charge in [0.1, 0.15) is 0 Å². The van der Waals surface area contributed by atoms with Gasteiger partial charge in [0.15, 0.2) is 6.17 Å². The highest BCUT2D eigenvalue weighted by Gasteiger charge is 2.36. The lowest BCUT2D eigenvalue weighted by molar-refractivity contribution is -0.124. The van der Waals surface area contributed by atoms with Crippen molar-refractivity contribution in [1.29, 1.82) is 0 Å². The van der Waals surface area contributed by atoms with E-state index in [0.29, 0.717) is 0 Å². The van der Waals surface area contributed by atoms with Crippen LogP contribution in [0.1, 0.15) is 24.2 Å². The lowest BCUT2D eigenvalue weighted by Crippen LogP contribution is -2.57. The maximum Gasteiger partial charge on any atom is 0.337 e. The smallest absolute Gasteiger partial charge is 0.337 e. The van der Waals surface area contributed by atoms with Crippen molar-refractivity contribution in [3.63, 3.8) is 0 Å². The molecule has 0 aliphatic heterocycles. The third-order valence-corrected chi connectivity index (χ3v) is 4.01. The molecule has 1 atom stereocenters. The van der Waals surface area contributed by atoms with Crippen molar-refractivity contribution in [2.75, 3.05) is 4.31 Å². The lowest BCUT2D eigenvalue weighted by atomic mass is 10.2. The van der Waals surface area contributed by atoms with E-state index in [-0.39, 0.29) is 11.3 Å². The van der Waals surface area contributed by atoms with Crippen molar-refractivity contribution < 1.29 is 19.5 Å². The van der Waals surface area contributed by atoms with E-state index in [0.717, 1.165) is 4.31 Å². The first-order chi connectivity index (χ1) is 11.4. The molecule has 1 unspecified atom stereocenters. The largest absolute Gasteiger partial charge is 0.478 e. The SMILES string of the molecule is CC(C)C(=O)NC(NC(=O)N(S)c1ccccc1C(=O)O)C(Cl)(Cl)Cl. The fourth-order valence-corrected chi connectivity index (χ4v) is 2.20. The van der Waals surface area contributed by atoms with Gasteiger partial charge in [0.05, 0.1) is 11.3 Å². The molecule has 0 radical (unpaired) electrons. The standard InChI is InChI=1S/C14H16Cl3N3O4S/c1-7(2)10(21)18-12(14(15,16)17)19-13(24)20(25)9-6-4-3-5-8(9)11(22)23/h3-7,12,25H,1-2H3,(H,18,21)(H,19,24)(H,22,23). The summed E-state index contributed by atoms with van der Waals surface area (Å²) in [6, 6.07) is 4.83. The third kappa shape index (κ3) is 6.14. The van der Waals surface area contributed by atoms with Gasteiger partial charge in [-0.25, -0.2) is 13.9 Å². The summed E-state index contributed by atoms with van der Waals surface area (Å²) >= 11 is 21.4. The number of carboxylic acid groups (broad SMARTS) is 1. The summed E-state index contributed by atoms with van der Waals surface area (Å²) in [5.74, 6) is -2.10. The molecule has 1 aromatic rings. The van der Waals surface area contributed by atoms with E-state index >= 15 is 0 Å². The number of rotatable bonds is 5. The molecule has 25 heavy (non-hydrogen) atoms. The number of carbonyl (C=O) groups excluding carboxylic acids is 2. The number of para-hydroxylation sites is 1. The second-order valence-corrected chi connectivity index (χ2v) is 7.99. The summed E-state index contributed by atoms with van der Waals surface area (Å²) in [7, 11) is 0. The van der Waals surface area contributed by atoms with E-state index in [1.54, 1.807) is 13.8 Å². The van der Waals surface area contributed by atoms with E-state index in [4.69, 9.17) is 34.8 Å². The number of carbonyl (C=O) groups is 3. The number of thiol groups is 1. The van der Waals surface area contributed by atoms with Crippen LogP contribution in [0.15, 0.2) is 24.3 Å². The zero-order chi connectivity index (χ0) is 19.4. The van der Waals surface area contributed by atoms with Crippen molar-refractivity contribution in [1.82, 2.24) is 10.6 Å². The third-order valence-electron chi connectivity index (χ3n) is 2.96. The van der Waals surface area contributed by atoms with E-state index < -0.39 is 33.8 Å². The topological polar surface area (TPSA) is 98.7 Å². The predicted octanol–water partition coefficient (Wildman–Crippen LogP) is 3.21. The van der Waals surface area contributed by atoms with Gasteiger partial charge in [-0.1, -0.05) is 73.6 Å². The highest BCUT2D eigenvalue weighted by Crippen LogP contribution is 2.30. The second kappa shape index (κ2) is 8.84. The average molecular weight is 429 g/mol. The number of alkyl halides is 3. The molecule has 0 fully saturated rings. The quantitative estimate of drug-likeness (QED) is 0.329. The van der Waals surface area contributed by atoms with Crippen LogP contribution in [0.4, 0.5) is 10.5 Å². The van der Waals surface area contributed by atoms with Crippen LogP contribution in [-0.2, 0) is 4.79 Å². The van der Waals surface area contributed by atoms with E-state index in [1.165, 1.54) is 24.3 Å². The number of amides is 3. The van der Waals surface area contributed by atoms with Gasteiger partial charge >= 0.3 is 12.0 Å². The van der Waals surface area contributed by atoms with Crippen molar-refractivity contribution in [3.05, 3.63) is 29.8 Å². The van der Waals surface area contributed by atoms with Gasteiger partial charge in [0.25, 0.3) is 0 Å². The summed E-state index contributed by atoms with van der Waals surface area (Å²) in [5, 5.41) is 13.9. The lowest BCUT2D eigenvalue weighted by Gasteiger charge is -2.29. The Hall–Kier alpha value is -1.35. The minimum absolute atomic E-state index is 0.00841. The van der Waals surface area contributed by atoms with Gasteiger partial charge in [-0.05, 0) is 12.1 Å². The van der Waals surface area contributed by atoms with Crippen LogP contribution in [0.5, 0.6) is 0 Å². The molecular formula is C14H16Cl3N3O4S. The molecule has 0 aromatic heterocycles. The molecule has 0 saturated carbocycles. The van der Waals surface area contributed by atoms with Gasteiger partial charge in [0, 0.05) is 5.92 Å². The van der Waals surface area contributed by atoms with Gasteiger partial charge in [-0.2, -0.15) is 0 Å². The van der Waals surface area contributed by atoms with Gasteiger partial charge in [-0.15, -0.1) is 0 Å². The molecule has 3 N–H and O–H groups in total. The van der Waals surface area contributed by atoms with Crippen LogP contribution in [-0.4, -0.2) is 33.0 Å². The fraction of sp³-hybridized carbons (Fsp3) is 0.357. The van der Waals surface area contributed by atoms with Crippen molar-refractivity contribution in [2.45, 2.75) is 23.8 Å². The monoisotopic (exact) mass is 427 g/mol. The highest BCUT2D eigenvalue weighted by molar-refractivity contribution is 7.82. The van der Waals surface area contributed by atoms with Crippen LogP contribution >= 0.6 is 47.6 Å². The van der Waals surface area contributed by atoms with Gasteiger partial charge in [0.2, 0.25) is 9.70 Å². The molecule has 0 spiro atoms. The zero-order valence-electron chi connectivity index (χ0n) is 13.2. The highest BCUT2D eigenvalue weighted by atomic mass is 35.6. The maximum absolute atomic E-state index is 12.3. The molecule has 11 heteroatoms. The maximum atomic E-state index is 12.3. The number of nitrogens with one attached hydrogen (secondary N) is 2. The van der Waals surface area contributed by atoms with Crippen LogP contribution in [0.2, 0.25) is 0 Å². The molecule has 0 bridgehead atoms. The molecule has 1 aromatic carbocycles. The first-order valence-corrected chi connectivity index (χ1v) is 8.47. The van der Waals surface area contributed by atoms with Crippen LogP contribution in [0.25, 0.3) is 0 Å². The Morgan fingerprint density at radius 3 is 2.20 bits per heavy atom. The molecule has 1 rings (SSSR count).